The van der Waals surface area contributed by atoms with Crippen molar-refractivity contribution in [1.82, 2.24) is 0 Å². The number of hydrogen-bond donors (Lipinski definition) is 1. The van der Waals surface area contributed by atoms with Crippen molar-refractivity contribution in [1.29, 1.82) is 5.26 Å². The summed E-state index contributed by atoms with van der Waals surface area (Å²) in [5, 5.41) is 14.3. The smallest absolute Gasteiger partial charge is 0.0991 e. The maximum atomic E-state index is 8.74. The number of rotatable bonds is 4. The summed E-state index contributed by atoms with van der Waals surface area (Å²) in [5.74, 6) is 0. The van der Waals surface area contributed by atoms with E-state index in [1.54, 1.807) is 11.3 Å². The van der Waals surface area contributed by atoms with Crippen molar-refractivity contribution in [3.63, 3.8) is 0 Å². The van der Waals surface area contributed by atoms with Crippen LogP contribution in [0.25, 0.3) is 0 Å². The fraction of sp³-hybridized carbons (Fsp3) is 0.214. The number of nitriles is 1. The normalized spacial score (nSPS) is 11.8. The van der Waals surface area contributed by atoms with Gasteiger partial charge in [0, 0.05) is 10.6 Å². The van der Waals surface area contributed by atoms with Crippen LogP contribution in [0.15, 0.2) is 41.8 Å². The lowest BCUT2D eigenvalue weighted by Gasteiger charge is -2.16. The maximum absolute atomic E-state index is 8.74. The highest BCUT2D eigenvalue weighted by Gasteiger charge is 2.09. The first-order chi connectivity index (χ1) is 8.33. The predicted octanol–water partition coefficient (Wildman–Crippen LogP) is 4.18. The third kappa shape index (κ3) is 2.86. The van der Waals surface area contributed by atoms with Gasteiger partial charge in [0.15, 0.2) is 0 Å². The van der Waals surface area contributed by atoms with Crippen LogP contribution in [0.4, 0.5) is 5.69 Å². The van der Waals surface area contributed by atoms with E-state index in [9.17, 15) is 0 Å². The molecule has 0 bridgehead atoms. The largest absolute Gasteiger partial charge is 0.377 e. The quantitative estimate of drug-likeness (QED) is 0.872. The van der Waals surface area contributed by atoms with Gasteiger partial charge in [-0.05, 0) is 42.1 Å². The van der Waals surface area contributed by atoms with E-state index in [4.69, 9.17) is 5.26 Å². The number of nitrogens with zero attached hydrogens (tertiary/aromatic N) is 1. The van der Waals surface area contributed by atoms with Gasteiger partial charge in [-0.1, -0.05) is 13.0 Å². The molecule has 1 N–H and O–H groups in total. The SMILES string of the molecule is CCC(Nc1ccc(C#N)cc1)c1cccs1. The molecule has 0 radical (unpaired) electrons. The van der Waals surface area contributed by atoms with Gasteiger partial charge in [-0.2, -0.15) is 5.26 Å². The Morgan fingerprint density at radius 1 is 1.29 bits per heavy atom. The summed E-state index contributed by atoms with van der Waals surface area (Å²) in [6.07, 6.45) is 1.04. The molecule has 17 heavy (non-hydrogen) atoms. The minimum absolute atomic E-state index is 0.350. The minimum Gasteiger partial charge on any atom is -0.377 e. The van der Waals surface area contributed by atoms with Crippen LogP contribution < -0.4 is 5.32 Å². The number of thiophene rings is 1. The van der Waals surface area contributed by atoms with E-state index >= 15 is 0 Å². The van der Waals surface area contributed by atoms with Crippen molar-refractivity contribution < 1.29 is 0 Å². The lowest BCUT2D eigenvalue weighted by Crippen LogP contribution is -2.07. The Bertz CT molecular complexity index is 494. The van der Waals surface area contributed by atoms with Crippen LogP contribution in [0.5, 0.6) is 0 Å². The van der Waals surface area contributed by atoms with Gasteiger partial charge in [0.05, 0.1) is 17.7 Å². The van der Waals surface area contributed by atoms with Gasteiger partial charge in [0.1, 0.15) is 0 Å². The highest BCUT2D eigenvalue weighted by Crippen LogP contribution is 2.26. The molecule has 2 aromatic rings. The van der Waals surface area contributed by atoms with Crippen molar-refractivity contribution >= 4 is 17.0 Å². The Balaban J connectivity index is 2.11. The standard InChI is InChI=1S/C14H14N2S/c1-2-13(14-4-3-9-17-14)16-12-7-5-11(10-15)6-8-12/h3-9,13,16H,2H2,1H3. The Labute approximate surface area is 106 Å². The number of nitrogens with one attached hydrogen (secondary N) is 1. The lowest BCUT2D eigenvalue weighted by molar-refractivity contribution is 0.764. The lowest BCUT2D eigenvalue weighted by atomic mass is 10.1. The van der Waals surface area contributed by atoms with Crippen LogP contribution in [0.1, 0.15) is 29.8 Å². The molecule has 1 atom stereocenters. The van der Waals surface area contributed by atoms with Crippen LogP contribution in [0.3, 0.4) is 0 Å². The first-order valence-electron chi connectivity index (χ1n) is 5.63. The van der Waals surface area contributed by atoms with Gasteiger partial charge < -0.3 is 5.32 Å². The van der Waals surface area contributed by atoms with Crippen LogP contribution in [-0.4, -0.2) is 0 Å². The van der Waals surface area contributed by atoms with E-state index in [0.29, 0.717) is 11.6 Å². The molecular formula is C14H14N2S. The van der Waals surface area contributed by atoms with E-state index < -0.39 is 0 Å². The summed E-state index contributed by atoms with van der Waals surface area (Å²) in [6, 6.07) is 14.3. The molecule has 0 saturated heterocycles. The van der Waals surface area contributed by atoms with E-state index in [0.717, 1.165) is 12.1 Å². The van der Waals surface area contributed by atoms with Crippen molar-refractivity contribution in [3.8, 4) is 6.07 Å². The van der Waals surface area contributed by atoms with Gasteiger partial charge >= 0.3 is 0 Å². The fourth-order valence-electron chi connectivity index (χ4n) is 1.71. The maximum Gasteiger partial charge on any atom is 0.0991 e. The van der Waals surface area contributed by atoms with E-state index in [1.807, 2.05) is 24.3 Å². The molecule has 0 saturated carbocycles. The average Bonchev–Trinajstić information content (AvgIpc) is 2.90. The number of hydrogen-bond acceptors (Lipinski definition) is 3. The Hall–Kier alpha value is -1.79. The first-order valence-corrected chi connectivity index (χ1v) is 6.51. The van der Waals surface area contributed by atoms with Gasteiger partial charge in [-0.3, -0.25) is 0 Å². The summed E-state index contributed by atoms with van der Waals surface area (Å²) >= 11 is 1.77. The molecule has 0 aliphatic heterocycles. The van der Waals surface area contributed by atoms with Crippen molar-refractivity contribution in [2.24, 2.45) is 0 Å². The van der Waals surface area contributed by atoms with E-state index in [1.165, 1.54) is 4.88 Å². The topological polar surface area (TPSA) is 35.8 Å². The zero-order valence-electron chi connectivity index (χ0n) is 9.68. The summed E-state index contributed by atoms with van der Waals surface area (Å²) in [6.45, 7) is 2.17. The molecule has 1 heterocycles. The summed E-state index contributed by atoms with van der Waals surface area (Å²) < 4.78 is 0. The van der Waals surface area contributed by atoms with E-state index in [-0.39, 0.29) is 0 Å². The highest BCUT2D eigenvalue weighted by molar-refractivity contribution is 7.10. The molecule has 0 spiro atoms. The molecule has 1 unspecified atom stereocenters. The molecule has 3 heteroatoms. The first kappa shape index (κ1) is 11.7. The molecule has 2 nitrogen and oxygen atoms in total. The average molecular weight is 242 g/mol. The Morgan fingerprint density at radius 2 is 2.06 bits per heavy atom. The second-order valence-corrected chi connectivity index (χ2v) is 4.79. The van der Waals surface area contributed by atoms with Gasteiger partial charge in [-0.15, -0.1) is 11.3 Å². The Morgan fingerprint density at radius 3 is 2.59 bits per heavy atom. The minimum atomic E-state index is 0.350. The molecule has 0 fully saturated rings. The molecule has 86 valence electrons. The Kier molecular flexibility index (Phi) is 3.79. The zero-order valence-corrected chi connectivity index (χ0v) is 10.5. The van der Waals surface area contributed by atoms with Crippen LogP contribution >= 0.6 is 11.3 Å². The van der Waals surface area contributed by atoms with Crippen LogP contribution in [-0.2, 0) is 0 Å². The van der Waals surface area contributed by atoms with Crippen LogP contribution in [0.2, 0.25) is 0 Å². The third-order valence-electron chi connectivity index (χ3n) is 2.65. The molecule has 2 rings (SSSR count). The van der Waals surface area contributed by atoms with Crippen LogP contribution in [0, 0.1) is 11.3 Å². The van der Waals surface area contributed by atoms with Gasteiger partial charge in [0.2, 0.25) is 0 Å². The number of anilines is 1. The molecule has 0 amide bonds. The van der Waals surface area contributed by atoms with Crippen molar-refractivity contribution in [3.05, 3.63) is 52.2 Å². The van der Waals surface area contributed by atoms with E-state index in [2.05, 4.69) is 35.8 Å². The van der Waals surface area contributed by atoms with Crippen molar-refractivity contribution in [2.45, 2.75) is 19.4 Å². The molecule has 0 aliphatic rings. The summed E-state index contributed by atoms with van der Waals surface area (Å²) in [5.41, 5.74) is 1.75. The fourth-order valence-corrected chi connectivity index (χ4v) is 2.57. The van der Waals surface area contributed by atoms with Gasteiger partial charge in [0.25, 0.3) is 0 Å². The summed E-state index contributed by atoms with van der Waals surface area (Å²) in [4.78, 5) is 1.34. The monoisotopic (exact) mass is 242 g/mol. The molecule has 0 aliphatic carbocycles. The molecule has 1 aromatic heterocycles. The van der Waals surface area contributed by atoms with Gasteiger partial charge in [-0.25, -0.2) is 0 Å². The number of benzene rings is 1. The third-order valence-corrected chi connectivity index (χ3v) is 3.64. The second kappa shape index (κ2) is 5.51. The zero-order chi connectivity index (χ0) is 12.1. The highest BCUT2D eigenvalue weighted by atomic mass is 32.1. The van der Waals surface area contributed by atoms with Crippen molar-refractivity contribution in [2.75, 3.05) is 5.32 Å². The second-order valence-electron chi connectivity index (χ2n) is 3.81. The molecular weight excluding hydrogens is 228 g/mol. The predicted molar refractivity (Wildman–Crippen MR) is 72.1 cm³/mol. The summed E-state index contributed by atoms with van der Waals surface area (Å²) in [7, 11) is 0. The molecule has 1 aromatic carbocycles.